The summed E-state index contributed by atoms with van der Waals surface area (Å²) in [7, 11) is -0.339. The van der Waals surface area contributed by atoms with E-state index in [1.165, 1.54) is 6.07 Å². The molecule has 0 fully saturated rings. The molecule has 136 valence electrons. The van der Waals surface area contributed by atoms with Gasteiger partial charge in [0.15, 0.2) is 9.52 Å². The lowest BCUT2D eigenvalue weighted by molar-refractivity contribution is -0.376. The van der Waals surface area contributed by atoms with Gasteiger partial charge in [0.25, 0.3) is 5.60 Å². The third-order valence-electron chi connectivity index (χ3n) is 3.02. The Balaban J connectivity index is 3.22. The van der Waals surface area contributed by atoms with E-state index >= 15 is 0 Å². The fourth-order valence-corrected chi connectivity index (χ4v) is 3.10. The van der Waals surface area contributed by atoms with Gasteiger partial charge in [-0.05, 0) is 13.8 Å². The van der Waals surface area contributed by atoms with Gasteiger partial charge in [-0.2, -0.15) is 26.3 Å². The Bertz CT molecular complexity index is 512. The van der Waals surface area contributed by atoms with Crippen molar-refractivity contribution in [3.05, 3.63) is 29.8 Å². The fourth-order valence-electron chi connectivity index (χ4n) is 1.89. The average molecular weight is 374 g/mol. The maximum absolute atomic E-state index is 12.9. The standard InChI is InChI=1S/C14H16F6O3Si/c1-3-22-11(23-4-2)24-10-7-5-6-9(8-10)12(21,13(15,16)17)14(18,19)20/h5-8,11,21H,3-4H2,1-2H3. The quantitative estimate of drug-likeness (QED) is 0.453. The first-order valence-corrected chi connectivity index (χ1v) is 8.01. The summed E-state index contributed by atoms with van der Waals surface area (Å²) >= 11 is 0. The summed E-state index contributed by atoms with van der Waals surface area (Å²) in [6.45, 7) is 3.90. The van der Waals surface area contributed by atoms with Crippen molar-refractivity contribution < 1.29 is 40.9 Å². The van der Waals surface area contributed by atoms with Gasteiger partial charge in [0, 0.05) is 18.8 Å². The van der Waals surface area contributed by atoms with Crippen LogP contribution in [-0.2, 0) is 15.1 Å². The van der Waals surface area contributed by atoms with Crippen molar-refractivity contribution in [2.75, 3.05) is 13.2 Å². The Morgan fingerprint density at radius 2 is 1.50 bits per heavy atom. The van der Waals surface area contributed by atoms with Crippen LogP contribution in [0.25, 0.3) is 0 Å². The van der Waals surface area contributed by atoms with Crippen molar-refractivity contribution in [2.24, 2.45) is 0 Å². The molecule has 1 aromatic rings. The molecule has 0 atom stereocenters. The Hall–Kier alpha value is -1.10. The Morgan fingerprint density at radius 3 is 1.92 bits per heavy atom. The largest absolute Gasteiger partial charge is 0.430 e. The molecule has 0 bridgehead atoms. The topological polar surface area (TPSA) is 38.7 Å². The second-order valence-corrected chi connectivity index (χ2v) is 6.01. The molecular formula is C14H16F6O3Si. The Labute approximate surface area is 137 Å². The van der Waals surface area contributed by atoms with Gasteiger partial charge in [-0.1, -0.05) is 29.5 Å². The number of hydrogen-bond donors (Lipinski definition) is 1. The van der Waals surface area contributed by atoms with Crippen LogP contribution >= 0.6 is 0 Å². The molecular weight excluding hydrogens is 358 g/mol. The van der Waals surface area contributed by atoms with Gasteiger partial charge in [-0.25, -0.2) is 0 Å². The maximum atomic E-state index is 12.9. The van der Waals surface area contributed by atoms with Crippen molar-refractivity contribution >= 4 is 14.7 Å². The molecule has 2 radical (unpaired) electrons. The van der Waals surface area contributed by atoms with Crippen LogP contribution in [0.1, 0.15) is 19.4 Å². The van der Waals surface area contributed by atoms with E-state index < -0.39 is 29.4 Å². The van der Waals surface area contributed by atoms with E-state index in [2.05, 4.69) is 0 Å². The molecule has 0 amide bonds. The zero-order valence-corrected chi connectivity index (χ0v) is 13.8. The lowest BCUT2D eigenvalue weighted by Crippen LogP contribution is -2.54. The number of ether oxygens (including phenoxy) is 2. The zero-order valence-electron chi connectivity index (χ0n) is 12.8. The monoisotopic (exact) mass is 374 g/mol. The fraction of sp³-hybridized carbons (Fsp3) is 0.571. The average Bonchev–Trinajstić information content (AvgIpc) is 2.45. The van der Waals surface area contributed by atoms with E-state index in [1.54, 1.807) is 13.8 Å². The predicted molar refractivity (Wildman–Crippen MR) is 74.9 cm³/mol. The highest BCUT2D eigenvalue weighted by Crippen LogP contribution is 2.49. The van der Waals surface area contributed by atoms with Crippen LogP contribution in [0.3, 0.4) is 0 Å². The van der Waals surface area contributed by atoms with Gasteiger partial charge in [-0.3, -0.25) is 0 Å². The normalized spacial score (nSPS) is 13.6. The molecule has 0 spiro atoms. The molecule has 1 aromatic carbocycles. The number of halogens is 6. The minimum absolute atomic E-state index is 0.145. The van der Waals surface area contributed by atoms with Crippen molar-refractivity contribution in [3.8, 4) is 0 Å². The van der Waals surface area contributed by atoms with Gasteiger partial charge in [0.1, 0.15) is 5.91 Å². The summed E-state index contributed by atoms with van der Waals surface area (Å²) in [5.74, 6) is -0.778. The van der Waals surface area contributed by atoms with E-state index in [-0.39, 0.29) is 27.9 Å². The summed E-state index contributed by atoms with van der Waals surface area (Å²) in [5, 5.41) is 9.56. The van der Waals surface area contributed by atoms with Crippen LogP contribution in [0.15, 0.2) is 24.3 Å². The molecule has 0 aromatic heterocycles. The predicted octanol–water partition coefficient (Wildman–Crippen LogP) is 2.68. The SMILES string of the molecule is CCOC(OCC)[Si]c1cccc(C(O)(C(F)(F)F)C(F)(F)F)c1. The summed E-state index contributed by atoms with van der Waals surface area (Å²) in [6, 6.07) is 3.63. The molecule has 0 saturated carbocycles. The third kappa shape index (κ3) is 4.50. The smallest absolute Gasteiger partial charge is 0.369 e. The number of rotatable bonds is 7. The van der Waals surface area contributed by atoms with Crippen molar-refractivity contribution in [2.45, 2.75) is 37.7 Å². The van der Waals surface area contributed by atoms with Crippen LogP contribution < -0.4 is 5.19 Å². The summed E-state index contributed by atoms with van der Waals surface area (Å²) < 4.78 is 87.9. The Kier molecular flexibility index (Phi) is 6.85. The summed E-state index contributed by atoms with van der Waals surface area (Å²) in [6.07, 6.45) is -11.8. The molecule has 1 N–H and O–H groups in total. The summed E-state index contributed by atoms with van der Waals surface area (Å²) in [5.41, 5.74) is -6.23. The first kappa shape index (κ1) is 20.9. The minimum atomic E-state index is -5.91. The summed E-state index contributed by atoms with van der Waals surface area (Å²) in [4.78, 5) is 0. The van der Waals surface area contributed by atoms with Crippen LogP contribution in [0.5, 0.6) is 0 Å². The number of benzene rings is 1. The van der Waals surface area contributed by atoms with Gasteiger partial charge in [0.2, 0.25) is 0 Å². The molecule has 0 saturated heterocycles. The van der Waals surface area contributed by atoms with E-state index in [1.807, 2.05) is 0 Å². The zero-order chi connectivity index (χ0) is 18.6. The van der Waals surface area contributed by atoms with Crippen LogP contribution in [0, 0.1) is 0 Å². The van der Waals surface area contributed by atoms with Gasteiger partial charge >= 0.3 is 12.4 Å². The lowest BCUT2D eigenvalue weighted by Gasteiger charge is -2.33. The highest BCUT2D eigenvalue weighted by atomic mass is 28.2. The number of aliphatic hydroxyl groups is 1. The van der Waals surface area contributed by atoms with Crippen LogP contribution in [0.4, 0.5) is 26.3 Å². The first-order chi connectivity index (χ1) is 11.0. The highest BCUT2D eigenvalue weighted by molar-refractivity contribution is 6.54. The van der Waals surface area contributed by atoms with Crippen LogP contribution in [-0.4, -0.2) is 46.1 Å². The third-order valence-corrected chi connectivity index (χ3v) is 4.23. The van der Waals surface area contributed by atoms with Gasteiger partial charge < -0.3 is 14.6 Å². The van der Waals surface area contributed by atoms with E-state index in [4.69, 9.17) is 9.47 Å². The van der Waals surface area contributed by atoms with E-state index in [0.717, 1.165) is 6.07 Å². The van der Waals surface area contributed by atoms with Crippen molar-refractivity contribution in [1.29, 1.82) is 0 Å². The molecule has 1 rings (SSSR count). The molecule has 0 aliphatic carbocycles. The Morgan fingerprint density at radius 1 is 1.00 bits per heavy atom. The van der Waals surface area contributed by atoms with Crippen LogP contribution in [0.2, 0.25) is 0 Å². The minimum Gasteiger partial charge on any atom is -0.369 e. The highest BCUT2D eigenvalue weighted by Gasteiger charge is 2.71. The second kappa shape index (κ2) is 7.85. The first-order valence-electron chi connectivity index (χ1n) is 6.93. The van der Waals surface area contributed by atoms with Gasteiger partial charge in [-0.15, -0.1) is 0 Å². The number of hydrogen-bond acceptors (Lipinski definition) is 3. The molecule has 10 heteroatoms. The molecule has 0 heterocycles. The number of alkyl halides is 6. The molecule has 0 aliphatic rings. The lowest BCUT2D eigenvalue weighted by atomic mass is 9.92. The molecule has 24 heavy (non-hydrogen) atoms. The van der Waals surface area contributed by atoms with Crippen molar-refractivity contribution in [3.63, 3.8) is 0 Å². The molecule has 0 aliphatic heterocycles. The second-order valence-electron chi connectivity index (χ2n) is 4.67. The maximum Gasteiger partial charge on any atom is 0.430 e. The van der Waals surface area contributed by atoms with E-state index in [0.29, 0.717) is 12.1 Å². The van der Waals surface area contributed by atoms with Crippen molar-refractivity contribution in [1.82, 2.24) is 0 Å². The molecule has 0 unspecified atom stereocenters. The van der Waals surface area contributed by atoms with Gasteiger partial charge in [0.05, 0.1) is 0 Å². The molecule has 3 nitrogen and oxygen atoms in total. The van der Waals surface area contributed by atoms with E-state index in [9.17, 15) is 31.4 Å².